The molecular formula is C26H33N5O4. The molecule has 0 radical (unpaired) electrons. The molecule has 0 fully saturated rings. The lowest BCUT2D eigenvalue weighted by Gasteiger charge is -2.34. The Morgan fingerprint density at radius 1 is 1.14 bits per heavy atom. The minimum atomic E-state index is -0.887. The molecule has 0 bridgehead atoms. The number of carboxylic acids is 1. The Hall–Kier alpha value is -3.88. The first-order valence-electron chi connectivity index (χ1n) is 11.5. The Morgan fingerprint density at radius 3 is 2.40 bits per heavy atom. The van der Waals surface area contributed by atoms with Crippen molar-refractivity contribution in [3.63, 3.8) is 0 Å². The van der Waals surface area contributed by atoms with Gasteiger partial charge in [-0.15, -0.1) is 0 Å². The number of aliphatic imine (C=N–C) groups is 1. The quantitative estimate of drug-likeness (QED) is 0.354. The van der Waals surface area contributed by atoms with Crippen LogP contribution in [0.2, 0.25) is 0 Å². The van der Waals surface area contributed by atoms with Crippen LogP contribution in [-0.4, -0.2) is 35.4 Å². The van der Waals surface area contributed by atoms with E-state index in [9.17, 15) is 19.5 Å². The molecule has 35 heavy (non-hydrogen) atoms. The highest BCUT2D eigenvalue weighted by molar-refractivity contribution is 6.00. The van der Waals surface area contributed by atoms with Crippen LogP contribution in [0.1, 0.15) is 50.7 Å². The number of fused-ring (bicyclic) bond motifs is 1. The number of carbonyl (C=O) groups excluding carboxylic acids is 2. The lowest BCUT2D eigenvalue weighted by atomic mass is 9.69. The van der Waals surface area contributed by atoms with E-state index >= 15 is 0 Å². The number of amides is 2. The smallest absolute Gasteiger partial charge is 0.307 e. The average Bonchev–Trinajstić information content (AvgIpc) is 2.90. The normalized spacial score (nSPS) is 16.6. The van der Waals surface area contributed by atoms with Crippen molar-refractivity contribution in [3.05, 3.63) is 59.7 Å². The van der Waals surface area contributed by atoms with Gasteiger partial charge in [0.1, 0.15) is 6.54 Å². The zero-order valence-corrected chi connectivity index (χ0v) is 20.3. The van der Waals surface area contributed by atoms with Gasteiger partial charge in [-0.25, -0.2) is 4.99 Å². The zero-order valence-electron chi connectivity index (χ0n) is 20.3. The van der Waals surface area contributed by atoms with Crippen molar-refractivity contribution in [2.24, 2.45) is 27.8 Å². The Bertz CT molecular complexity index is 1120. The first-order valence-corrected chi connectivity index (χ1v) is 11.5. The van der Waals surface area contributed by atoms with Gasteiger partial charge in [0.15, 0.2) is 5.96 Å². The molecule has 1 aliphatic rings. The van der Waals surface area contributed by atoms with E-state index < -0.39 is 17.3 Å². The van der Waals surface area contributed by atoms with Crippen LogP contribution in [0.15, 0.2) is 53.5 Å². The maximum Gasteiger partial charge on any atom is 0.307 e. The van der Waals surface area contributed by atoms with Crippen molar-refractivity contribution >= 4 is 35.1 Å². The number of para-hydroxylation sites is 1. The summed E-state index contributed by atoms with van der Waals surface area (Å²) in [5.74, 6) is -2.45. The number of aliphatic carboxylic acids is 1. The second-order valence-electron chi connectivity index (χ2n) is 9.85. The standard InChI is InChI=1S/C26H33N5O4/c1-26(2,3)23(24(34)35)19-12-13-22(33)31(20-7-5-4-6-18(19)20)15-21(32)29-14-16-8-10-17(11-9-16)30-25(27)28/h4-11,19,23H,12-15H2,1-3H3,(H,29,32)(H,34,35)(H4,27,28,30). The van der Waals surface area contributed by atoms with Crippen molar-refractivity contribution in [2.45, 2.75) is 46.1 Å². The minimum absolute atomic E-state index is 0.0344. The molecule has 3 rings (SSSR count). The second kappa shape index (κ2) is 10.6. The molecule has 6 N–H and O–H groups in total. The van der Waals surface area contributed by atoms with Crippen molar-refractivity contribution in [3.8, 4) is 0 Å². The fourth-order valence-corrected chi connectivity index (χ4v) is 4.65. The van der Waals surface area contributed by atoms with Gasteiger partial charge in [-0.05, 0) is 41.2 Å². The third-order valence-electron chi connectivity index (χ3n) is 6.18. The molecule has 0 saturated carbocycles. The third-order valence-corrected chi connectivity index (χ3v) is 6.18. The second-order valence-corrected chi connectivity index (χ2v) is 9.85. The van der Waals surface area contributed by atoms with Crippen LogP contribution in [0.3, 0.4) is 0 Å². The predicted octanol–water partition coefficient (Wildman–Crippen LogP) is 2.87. The number of carboxylic acid groups (broad SMARTS) is 1. The largest absolute Gasteiger partial charge is 0.481 e. The third kappa shape index (κ3) is 6.38. The molecule has 2 amide bonds. The molecule has 0 aliphatic carbocycles. The number of benzene rings is 2. The lowest BCUT2D eigenvalue weighted by Crippen LogP contribution is -2.40. The summed E-state index contributed by atoms with van der Waals surface area (Å²) in [5.41, 5.74) is 13.1. The number of hydrogen-bond acceptors (Lipinski definition) is 4. The van der Waals surface area contributed by atoms with Gasteiger partial charge >= 0.3 is 5.97 Å². The fraction of sp³-hybridized carbons (Fsp3) is 0.385. The van der Waals surface area contributed by atoms with Gasteiger partial charge in [0.05, 0.1) is 11.6 Å². The molecule has 0 saturated heterocycles. The van der Waals surface area contributed by atoms with Gasteiger partial charge in [-0.1, -0.05) is 51.1 Å². The average molecular weight is 480 g/mol. The summed E-state index contributed by atoms with van der Waals surface area (Å²) in [4.78, 5) is 43.5. The molecule has 0 spiro atoms. The highest BCUT2D eigenvalue weighted by Crippen LogP contribution is 2.45. The maximum atomic E-state index is 13.1. The van der Waals surface area contributed by atoms with Gasteiger partial charge in [-0.2, -0.15) is 0 Å². The van der Waals surface area contributed by atoms with Crippen molar-refractivity contribution in [1.29, 1.82) is 0 Å². The van der Waals surface area contributed by atoms with Gasteiger partial charge in [0.25, 0.3) is 0 Å². The number of nitrogens with one attached hydrogen (secondary N) is 1. The summed E-state index contributed by atoms with van der Waals surface area (Å²) in [5, 5.41) is 12.9. The predicted molar refractivity (Wildman–Crippen MR) is 135 cm³/mol. The first-order chi connectivity index (χ1) is 16.5. The van der Waals surface area contributed by atoms with E-state index in [0.29, 0.717) is 17.8 Å². The van der Waals surface area contributed by atoms with Crippen LogP contribution in [0.25, 0.3) is 0 Å². The van der Waals surface area contributed by atoms with Gasteiger partial charge in [0.2, 0.25) is 11.8 Å². The fourth-order valence-electron chi connectivity index (χ4n) is 4.65. The van der Waals surface area contributed by atoms with Crippen LogP contribution in [0.4, 0.5) is 11.4 Å². The van der Waals surface area contributed by atoms with E-state index in [1.165, 1.54) is 4.90 Å². The van der Waals surface area contributed by atoms with E-state index in [1.807, 2.05) is 32.9 Å². The Balaban J connectivity index is 1.78. The SMILES string of the molecule is CC(C)(C)C(C(=O)O)C1CCC(=O)N(CC(=O)NCc2ccc(N=C(N)N)cc2)c2ccccc21. The molecule has 2 atom stereocenters. The van der Waals surface area contributed by atoms with Crippen molar-refractivity contribution < 1.29 is 19.5 Å². The maximum absolute atomic E-state index is 13.1. The summed E-state index contributed by atoms with van der Waals surface area (Å²) in [6.07, 6.45) is 0.573. The van der Waals surface area contributed by atoms with E-state index in [4.69, 9.17) is 11.5 Å². The molecule has 9 heteroatoms. The minimum Gasteiger partial charge on any atom is -0.481 e. The Morgan fingerprint density at radius 2 is 1.80 bits per heavy atom. The highest BCUT2D eigenvalue weighted by Gasteiger charge is 2.42. The summed E-state index contributed by atoms with van der Waals surface area (Å²) < 4.78 is 0. The molecule has 1 aliphatic heterocycles. The van der Waals surface area contributed by atoms with Gasteiger partial charge < -0.3 is 26.8 Å². The van der Waals surface area contributed by atoms with Crippen LogP contribution in [0, 0.1) is 11.3 Å². The Kier molecular flexibility index (Phi) is 7.78. The molecule has 2 aromatic carbocycles. The van der Waals surface area contributed by atoms with Crippen molar-refractivity contribution in [1.82, 2.24) is 5.32 Å². The number of hydrogen-bond donors (Lipinski definition) is 4. The molecule has 0 aromatic heterocycles. The number of anilines is 1. The molecule has 2 aromatic rings. The highest BCUT2D eigenvalue weighted by atomic mass is 16.4. The summed E-state index contributed by atoms with van der Waals surface area (Å²) >= 11 is 0. The van der Waals surface area contributed by atoms with Crippen LogP contribution in [-0.2, 0) is 20.9 Å². The van der Waals surface area contributed by atoms with E-state index in [1.54, 1.807) is 36.4 Å². The van der Waals surface area contributed by atoms with Gasteiger partial charge in [-0.3, -0.25) is 14.4 Å². The number of nitrogens with zero attached hydrogens (tertiary/aromatic N) is 2. The number of rotatable bonds is 7. The van der Waals surface area contributed by atoms with Crippen LogP contribution in [0.5, 0.6) is 0 Å². The summed E-state index contributed by atoms with van der Waals surface area (Å²) in [6.45, 7) is 5.82. The van der Waals surface area contributed by atoms with Crippen LogP contribution >= 0.6 is 0 Å². The van der Waals surface area contributed by atoms with Gasteiger partial charge in [0, 0.05) is 24.6 Å². The zero-order chi connectivity index (χ0) is 25.8. The number of nitrogens with two attached hydrogens (primary N) is 2. The first kappa shape index (κ1) is 25.7. The summed E-state index contributed by atoms with van der Waals surface area (Å²) in [6, 6.07) is 14.4. The lowest BCUT2D eigenvalue weighted by molar-refractivity contribution is -0.147. The Labute approximate surface area is 205 Å². The van der Waals surface area contributed by atoms with Crippen molar-refractivity contribution in [2.75, 3.05) is 11.4 Å². The molecule has 186 valence electrons. The van der Waals surface area contributed by atoms with E-state index in [-0.39, 0.29) is 43.2 Å². The number of carbonyl (C=O) groups is 3. The topological polar surface area (TPSA) is 151 Å². The molecule has 1 heterocycles. The molecule has 9 nitrogen and oxygen atoms in total. The van der Waals surface area contributed by atoms with Crippen LogP contribution < -0.4 is 21.7 Å². The molecule has 2 unspecified atom stereocenters. The summed E-state index contributed by atoms with van der Waals surface area (Å²) in [7, 11) is 0. The molecular weight excluding hydrogens is 446 g/mol. The van der Waals surface area contributed by atoms with E-state index in [0.717, 1.165) is 11.1 Å². The monoisotopic (exact) mass is 479 g/mol. The van der Waals surface area contributed by atoms with E-state index in [2.05, 4.69) is 10.3 Å². The number of guanidine groups is 1.